The zero-order valence-electron chi connectivity index (χ0n) is 18.9. The van der Waals surface area contributed by atoms with Crippen LogP contribution >= 0.6 is 0 Å². The summed E-state index contributed by atoms with van der Waals surface area (Å²) >= 11 is 0. The van der Waals surface area contributed by atoms with Gasteiger partial charge in [0.25, 0.3) is 0 Å². The van der Waals surface area contributed by atoms with Crippen LogP contribution in [0.4, 0.5) is 0 Å². The number of hydrogen-bond donors (Lipinski definition) is 0. The first-order chi connectivity index (χ1) is 11.8. The molecule has 2 rings (SSSR count). The Bertz CT molecular complexity index is 410. The first-order valence-corrected chi connectivity index (χ1v) is 11.4. The van der Waals surface area contributed by atoms with Gasteiger partial charge in [-0.05, 0) is 78.9 Å². The third kappa shape index (κ3) is 4.03. The minimum absolute atomic E-state index is 0.526. The van der Waals surface area contributed by atoms with Crippen LogP contribution in [0.5, 0.6) is 0 Å². The van der Waals surface area contributed by atoms with Gasteiger partial charge in [-0.25, -0.2) is 0 Å². The topological polar surface area (TPSA) is 0 Å². The molecule has 0 aromatic carbocycles. The van der Waals surface area contributed by atoms with Crippen LogP contribution in [-0.4, -0.2) is 0 Å². The Kier molecular flexibility index (Phi) is 8.29. The van der Waals surface area contributed by atoms with Crippen LogP contribution in [0.2, 0.25) is 0 Å². The van der Waals surface area contributed by atoms with Crippen molar-refractivity contribution in [3.8, 4) is 0 Å². The van der Waals surface area contributed by atoms with Gasteiger partial charge >= 0.3 is 0 Å². The molecule has 2 aliphatic rings. The van der Waals surface area contributed by atoms with Gasteiger partial charge in [0, 0.05) is 0 Å². The summed E-state index contributed by atoms with van der Waals surface area (Å²) in [6.45, 7) is 23.3. The van der Waals surface area contributed by atoms with Gasteiger partial charge in [-0.3, -0.25) is 0 Å². The minimum Gasteiger partial charge on any atom is -0.103 e. The smallest absolute Gasteiger partial charge is 0.0261 e. The molecule has 0 bridgehead atoms. The lowest BCUT2D eigenvalue weighted by atomic mass is 9.40. The minimum atomic E-state index is 0.526. The van der Waals surface area contributed by atoms with E-state index < -0.39 is 0 Å². The lowest BCUT2D eigenvalue weighted by Crippen LogP contribution is -2.57. The molecule has 25 heavy (non-hydrogen) atoms. The molecule has 6 atom stereocenters. The molecule has 0 heteroatoms. The zero-order valence-corrected chi connectivity index (χ0v) is 18.9. The molecule has 2 fully saturated rings. The number of fused-ring (bicyclic) bond motifs is 1. The van der Waals surface area contributed by atoms with Crippen molar-refractivity contribution in [1.29, 1.82) is 0 Å². The summed E-state index contributed by atoms with van der Waals surface area (Å²) in [5, 5.41) is 0. The van der Waals surface area contributed by atoms with Gasteiger partial charge in [0.1, 0.15) is 0 Å². The van der Waals surface area contributed by atoms with Gasteiger partial charge in [0.15, 0.2) is 0 Å². The van der Waals surface area contributed by atoms with Crippen LogP contribution in [0, 0.1) is 34.0 Å². The molecule has 0 nitrogen and oxygen atoms in total. The lowest BCUT2D eigenvalue weighted by molar-refractivity contribution is -0.154. The van der Waals surface area contributed by atoms with Crippen molar-refractivity contribution >= 4 is 0 Å². The van der Waals surface area contributed by atoms with E-state index in [2.05, 4.69) is 54.2 Å². The monoisotopic (exact) mass is 348 g/mol. The van der Waals surface area contributed by atoms with Crippen molar-refractivity contribution in [1.82, 2.24) is 0 Å². The Morgan fingerprint density at radius 3 is 2.08 bits per heavy atom. The second kappa shape index (κ2) is 9.09. The molecule has 6 unspecified atom stereocenters. The van der Waals surface area contributed by atoms with Gasteiger partial charge in [-0.1, -0.05) is 74.3 Å². The average Bonchev–Trinajstić information content (AvgIpc) is 2.58. The summed E-state index contributed by atoms with van der Waals surface area (Å²) < 4.78 is 0. The SMILES string of the molecule is C=CCC1CCC2(C)C(C)C(C)(CCC)CCC2C1(C)CCC.CC. The van der Waals surface area contributed by atoms with Gasteiger partial charge in [-0.2, -0.15) is 0 Å². The van der Waals surface area contributed by atoms with E-state index in [1.807, 2.05) is 13.8 Å². The third-order valence-corrected chi connectivity index (χ3v) is 8.66. The number of rotatable bonds is 6. The molecule has 0 spiro atoms. The second-order valence-corrected chi connectivity index (χ2v) is 9.74. The van der Waals surface area contributed by atoms with E-state index in [1.165, 1.54) is 57.8 Å². The van der Waals surface area contributed by atoms with Gasteiger partial charge in [0.2, 0.25) is 0 Å². The van der Waals surface area contributed by atoms with Gasteiger partial charge < -0.3 is 0 Å². The number of allylic oxidation sites excluding steroid dienone is 1. The molecule has 0 aromatic heterocycles. The van der Waals surface area contributed by atoms with Crippen molar-refractivity contribution in [2.75, 3.05) is 0 Å². The first kappa shape index (κ1) is 22.8. The first-order valence-electron chi connectivity index (χ1n) is 11.4. The number of hydrogen-bond acceptors (Lipinski definition) is 0. The van der Waals surface area contributed by atoms with Crippen LogP contribution in [0.15, 0.2) is 12.7 Å². The standard InChI is InChI=1S/C23H42.C2H6/c1-8-11-19-12-17-22(6)18(4)21(5,14-9-2)16-13-20(22)23(19,7)15-10-3;1-2/h8,18-20H,1,9-17H2,2-7H3;1-2H3. The van der Waals surface area contributed by atoms with E-state index >= 15 is 0 Å². The molecule has 0 N–H and O–H groups in total. The van der Waals surface area contributed by atoms with Gasteiger partial charge in [-0.15, -0.1) is 6.58 Å². The maximum atomic E-state index is 4.06. The fraction of sp³-hybridized carbons (Fsp3) is 0.920. The van der Waals surface area contributed by atoms with E-state index in [4.69, 9.17) is 0 Å². The highest BCUT2D eigenvalue weighted by atomic mass is 14.6. The van der Waals surface area contributed by atoms with E-state index in [1.54, 1.807) is 0 Å². The maximum Gasteiger partial charge on any atom is -0.0261 e. The van der Waals surface area contributed by atoms with E-state index in [0.29, 0.717) is 16.2 Å². The molecule has 0 saturated heterocycles. The van der Waals surface area contributed by atoms with Crippen LogP contribution < -0.4 is 0 Å². The van der Waals surface area contributed by atoms with Crippen LogP contribution in [0.1, 0.15) is 113 Å². The fourth-order valence-electron chi connectivity index (χ4n) is 7.11. The van der Waals surface area contributed by atoms with Gasteiger partial charge in [0.05, 0.1) is 0 Å². The van der Waals surface area contributed by atoms with E-state index in [9.17, 15) is 0 Å². The highest BCUT2D eigenvalue weighted by Crippen LogP contribution is 2.67. The Balaban J connectivity index is 0.00000151. The zero-order chi connectivity index (χ0) is 19.3. The quantitative estimate of drug-likeness (QED) is 0.421. The fourth-order valence-corrected chi connectivity index (χ4v) is 7.11. The summed E-state index contributed by atoms with van der Waals surface area (Å²) in [6, 6.07) is 0. The summed E-state index contributed by atoms with van der Waals surface area (Å²) in [5.74, 6) is 2.63. The summed E-state index contributed by atoms with van der Waals surface area (Å²) in [7, 11) is 0. The molecule has 0 heterocycles. The molecule has 2 saturated carbocycles. The second-order valence-electron chi connectivity index (χ2n) is 9.74. The predicted molar refractivity (Wildman–Crippen MR) is 115 cm³/mol. The lowest BCUT2D eigenvalue weighted by Gasteiger charge is -2.65. The highest BCUT2D eigenvalue weighted by molar-refractivity contribution is 5.09. The summed E-state index contributed by atoms with van der Waals surface area (Å²) in [4.78, 5) is 0. The Morgan fingerprint density at radius 1 is 0.960 bits per heavy atom. The van der Waals surface area contributed by atoms with Crippen LogP contribution in [0.25, 0.3) is 0 Å². The Hall–Kier alpha value is -0.260. The van der Waals surface area contributed by atoms with Crippen molar-refractivity contribution in [2.45, 2.75) is 113 Å². The Morgan fingerprint density at radius 2 is 1.56 bits per heavy atom. The van der Waals surface area contributed by atoms with Crippen LogP contribution in [0.3, 0.4) is 0 Å². The van der Waals surface area contributed by atoms with Crippen molar-refractivity contribution in [3.63, 3.8) is 0 Å². The van der Waals surface area contributed by atoms with Crippen molar-refractivity contribution in [2.24, 2.45) is 34.0 Å². The predicted octanol–water partition coefficient (Wildman–Crippen LogP) is 8.66. The average molecular weight is 349 g/mol. The highest BCUT2D eigenvalue weighted by Gasteiger charge is 2.59. The molecule has 0 amide bonds. The third-order valence-electron chi connectivity index (χ3n) is 8.66. The normalized spacial score (nSPS) is 43.6. The van der Waals surface area contributed by atoms with E-state index in [-0.39, 0.29) is 0 Å². The molecule has 148 valence electrons. The summed E-state index contributed by atoms with van der Waals surface area (Å²) in [5.41, 5.74) is 1.64. The Labute approximate surface area is 160 Å². The summed E-state index contributed by atoms with van der Waals surface area (Å²) in [6.07, 6.45) is 14.7. The van der Waals surface area contributed by atoms with E-state index in [0.717, 1.165) is 17.8 Å². The molecular weight excluding hydrogens is 300 g/mol. The van der Waals surface area contributed by atoms with Crippen molar-refractivity contribution in [3.05, 3.63) is 12.7 Å². The largest absolute Gasteiger partial charge is 0.103 e. The molecular formula is C25H48. The molecule has 0 aliphatic heterocycles. The molecule has 2 aliphatic carbocycles. The molecule has 0 aromatic rings. The van der Waals surface area contributed by atoms with Crippen molar-refractivity contribution < 1.29 is 0 Å². The molecule has 0 radical (unpaired) electrons. The van der Waals surface area contributed by atoms with Crippen LogP contribution in [-0.2, 0) is 0 Å². The maximum absolute atomic E-state index is 4.06.